The summed E-state index contributed by atoms with van der Waals surface area (Å²) in [6.07, 6.45) is 1.72. The van der Waals surface area contributed by atoms with Crippen LogP contribution in [0.25, 0.3) is 0 Å². The maximum Gasteiger partial charge on any atom is 0.161 e. The van der Waals surface area contributed by atoms with E-state index in [4.69, 9.17) is 21.1 Å². The number of halogens is 1. The summed E-state index contributed by atoms with van der Waals surface area (Å²) in [6, 6.07) is 7.87. The van der Waals surface area contributed by atoms with E-state index in [0.29, 0.717) is 18.3 Å². The van der Waals surface area contributed by atoms with Crippen LogP contribution >= 0.6 is 11.6 Å². The van der Waals surface area contributed by atoms with Crippen LogP contribution in [0.4, 0.5) is 5.69 Å². The highest BCUT2D eigenvalue weighted by atomic mass is 35.5. The van der Waals surface area contributed by atoms with Gasteiger partial charge in [0.25, 0.3) is 0 Å². The zero-order valence-electron chi connectivity index (χ0n) is 12.4. The van der Waals surface area contributed by atoms with Gasteiger partial charge >= 0.3 is 0 Å². The number of ether oxygens (including phenoxy) is 2. The van der Waals surface area contributed by atoms with Crippen LogP contribution in [0.3, 0.4) is 0 Å². The average molecular weight is 307 g/mol. The largest absolute Gasteiger partial charge is 0.493 e. The third-order valence-corrected chi connectivity index (χ3v) is 3.43. The zero-order valence-corrected chi connectivity index (χ0v) is 13.2. The van der Waals surface area contributed by atoms with Gasteiger partial charge in [-0.2, -0.15) is 0 Å². The van der Waals surface area contributed by atoms with Crippen LogP contribution in [0.2, 0.25) is 5.15 Å². The zero-order chi connectivity index (χ0) is 15.2. The fourth-order valence-electron chi connectivity index (χ4n) is 1.96. The van der Waals surface area contributed by atoms with Crippen molar-refractivity contribution in [3.05, 3.63) is 46.7 Å². The number of hydrogen-bond acceptors (Lipinski definition) is 4. The normalized spacial score (nSPS) is 10.3. The molecule has 1 aromatic carbocycles. The molecule has 0 aliphatic heterocycles. The highest BCUT2D eigenvalue weighted by Gasteiger charge is 2.05. The van der Waals surface area contributed by atoms with Crippen molar-refractivity contribution in [2.24, 2.45) is 0 Å². The van der Waals surface area contributed by atoms with Gasteiger partial charge in [0, 0.05) is 6.54 Å². The second-order valence-electron chi connectivity index (χ2n) is 4.60. The van der Waals surface area contributed by atoms with Gasteiger partial charge in [0.15, 0.2) is 11.5 Å². The van der Waals surface area contributed by atoms with Crippen LogP contribution in [0.5, 0.6) is 11.5 Å². The summed E-state index contributed by atoms with van der Waals surface area (Å²) in [5.41, 5.74) is 2.99. The molecule has 1 aromatic heterocycles. The maximum absolute atomic E-state index is 5.92. The van der Waals surface area contributed by atoms with E-state index >= 15 is 0 Å². The first kappa shape index (κ1) is 15.4. The summed E-state index contributed by atoms with van der Waals surface area (Å²) >= 11 is 5.92. The molecule has 0 atom stereocenters. The van der Waals surface area contributed by atoms with E-state index in [-0.39, 0.29) is 0 Å². The number of methoxy groups -OCH3 is 1. The molecule has 0 unspecified atom stereocenters. The molecular weight excluding hydrogens is 288 g/mol. The van der Waals surface area contributed by atoms with Crippen molar-refractivity contribution in [1.82, 2.24) is 4.98 Å². The second-order valence-corrected chi connectivity index (χ2v) is 4.96. The summed E-state index contributed by atoms with van der Waals surface area (Å²) in [7, 11) is 1.64. The molecule has 0 bridgehead atoms. The Morgan fingerprint density at radius 1 is 1.24 bits per heavy atom. The van der Waals surface area contributed by atoms with Gasteiger partial charge in [-0.3, -0.25) is 0 Å². The molecule has 21 heavy (non-hydrogen) atoms. The van der Waals surface area contributed by atoms with E-state index in [1.165, 1.54) is 0 Å². The molecule has 0 radical (unpaired) electrons. The number of hydrogen-bond donors (Lipinski definition) is 1. The minimum Gasteiger partial charge on any atom is -0.493 e. The first-order valence-corrected chi connectivity index (χ1v) is 7.17. The second kappa shape index (κ2) is 7.18. The van der Waals surface area contributed by atoms with Crippen molar-refractivity contribution >= 4 is 17.3 Å². The van der Waals surface area contributed by atoms with Gasteiger partial charge in [-0.1, -0.05) is 17.7 Å². The Balaban J connectivity index is 2.08. The average Bonchev–Trinajstić information content (AvgIpc) is 2.49. The van der Waals surface area contributed by atoms with E-state index in [2.05, 4.69) is 10.3 Å². The monoisotopic (exact) mass is 306 g/mol. The molecule has 2 rings (SSSR count). The number of pyridine rings is 1. The third kappa shape index (κ3) is 4.02. The Morgan fingerprint density at radius 3 is 2.71 bits per heavy atom. The SMILES string of the molecule is CCOc1cc(CNc2cnc(Cl)c(C)c2)ccc1OC. The minimum atomic E-state index is 0.531. The fraction of sp³-hybridized carbons (Fsp3) is 0.312. The van der Waals surface area contributed by atoms with Gasteiger partial charge in [0.05, 0.1) is 25.6 Å². The van der Waals surface area contributed by atoms with Crippen LogP contribution in [-0.2, 0) is 6.54 Å². The molecule has 0 amide bonds. The van der Waals surface area contributed by atoms with Crippen LogP contribution in [-0.4, -0.2) is 18.7 Å². The lowest BCUT2D eigenvalue weighted by molar-refractivity contribution is 0.310. The van der Waals surface area contributed by atoms with Crippen LogP contribution in [0.15, 0.2) is 30.5 Å². The first-order chi connectivity index (χ1) is 10.1. The van der Waals surface area contributed by atoms with Gasteiger partial charge in [-0.25, -0.2) is 4.98 Å². The number of anilines is 1. The molecule has 1 N–H and O–H groups in total. The summed E-state index contributed by atoms with van der Waals surface area (Å²) in [4.78, 5) is 4.12. The summed E-state index contributed by atoms with van der Waals surface area (Å²) < 4.78 is 10.8. The van der Waals surface area contributed by atoms with Crippen molar-refractivity contribution < 1.29 is 9.47 Å². The van der Waals surface area contributed by atoms with E-state index < -0.39 is 0 Å². The van der Waals surface area contributed by atoms with Crippen LogP contribution < -0.4 is 14.8 Å². The van der Waals surface area contributed by atoms with E-state index in [0.717, 1.165) is 28.3 Å². The molecule has 4 nitrogen and oxygen atoms in total. The fourth-order valence-corrected chi connectivity index (χ4v) is 2.06. The smallest absolute Gasteiger partial charge is 0.161 e. The lowest BCUT2D eigenvalue weighted by atomic mass is 10.2. The molecule has 0 aliphatic rings. The number of aromatic nitrogens is 1. The molecule has 0 saturated heterocycles. The van der Waals surface area contributed by atoms with E-state index in [1.54, 1.807) is 13.3 Å². The highest BCUT2D eigenvalue weighted by molar-refractivity contribution is 6.30. The van der Waals surface area contributed by atoms with Crippen LogP contribution in [0.1, 0.15) is 18.1 Å². The molecule has 0 spiro atoms. The Bertz CT molecular complexity index is 617. The summed E-state index contributed by atoms with van der Waals surface area (Å²) in [5, 5.41) is 3.85. The molecule has 2 aromatic rings. The summed E-state index contributed by atoms with van der Waals surface area (Å²) in [5.74, 6) is 1.49. The predicted molar refractivity (Wildman–Crippen MR) is 85.5 cm³/mol. The number of nitrogens with one attached hydrogen (secondary N) is 1. The lowest BCUT2D eigenvalue weighted by Crippen LogP contribution is -2.02. The lowest BCUT2D eigenvalue weighted by Gasteiger charge is -2.12. The van der Waals surface area contributed by atoms with Gasteiger partial charge in [-0.15, -0.1) is 0 Å². The van der Waals surface area contributed by atoms with Crippen molar-refractivity contribution in [2.45, 2.75) is 20.4 Å². The first-order valence-electron chi connectivity index (χ1n) is 6.79. The van der Waals surface area contributed by atoms with Crippen molar-refractivity contribution in [1.29, 1.82) is 0 Å². The van der Waals surface area contributed by atoms with E-state index in [9.17, 15) is 0 Å². The molecule has 5 heteroatoms. The minimum absolute atomic E-state index is 0.531. The Morgan fingerprint density at radius 2 is 2.05 bits per heavy atom. The molecule has 1 heterocycles. The number of benzene rings is 1. The maximum atomic E-state index is 5.92. The predicted octanol–water partition coefficient (Wildman–Crippen LogP) is 4.06. The standard InChI is InChI=1S/C16H19ClN2O2/c1-4-21-15-8-12(5-6-14(15)20-3)9-18-13-7-11(2)16(17)19-10-13/h5-8,10,18H,4,9H2,1-3H3. The van der Waals surface area contributed by atoms with Gasteiger partial charge in [0.2, 0.25) is 0 Å². The Kier molecular flexibility index (Phi) is 5.28. The molecular formula is C16H19ClN2O2. The van der Waals surface area contributed by atoms with Gasteiger partial charge in [0.1, 0.15) is 5.15 Å². The van der Waals surface area contributed by atoms with E-state index in [1.807, 2.05) is 38.1 Å². The quantitative estimate of drug-likeness (QED) is 0.817. The molecule has 112 valence electrons. The third-order valence-electron chi connectivity index (χ3n) is 3.04. The number of aryl methyl sites for hydroxylation is 1. The Labute approximate surface area is 130 Å². The topological polar surface area (TPSA) is 43.4 Å². The molecule has 0 aliphatic carbocycles. The van der Waals surface area contributed by atoms with Gasteiger partial charge in [-0.05, 0) is 43.2 Å². The Hall–Kier alpha value is -1.94. The number of nitrogens with zero attached hydrogens (tertiary/aromatic N) is 1. The van der Waals surface area contributed by atoms with Gasteiger partial charge < -0.3 is 14.8 Å². The molecule has 0 saturated carbocycles. The van der Waals surface area contributed by atoms with Crippen molar-refractivity contribution in [3.8, 4) is 11.5 Å². The highest BCUT2D eigenvalue weighted by Crippen LogP contribution is 2.28. The van der Waals surface area contributed by atoms with Crippen molar-refractivity contribution in [3.63, 3.8) is 0 Å². The van der Waals surface area contributed by atoms with Crippen LogP contribution in [0, 0.1) is 6.92 Å². The number of rotatable bonds is 6. The molecule has 0 fully saturated rings. The summed E-state index contributed by atoms with van der Waals surface area (Å²) in [6.45, 7) is 5.16. The van der Waals surface area contributed by atoms with Crippen molar-refractivity contribution in [2.75, 3.05) is 19.0 Å².